The number of hydrogen-bond acceptors (Lipinski definition) is 2. The molecule has 114 valence electrons. The topological polar surface area (TPSA) is 71.3 Å². The number of hydrogen-bond donors (Lipinski definition) is 2. The van der Waals surface area contributed by atoms with Crippen LogP contribution in [0.4, 0.5) is 0 Å². The highest BCUT2D eigenvalue weighted by atomic mass is 16.4. The van der Waals surface area contributed by atoms with Gasteiger partial charge in [-0.1, -0.05) is 19.3 Å². The van der Waals surface area contributed by atoms with Crippen LogP contribution in [-0.2, 0) is 4.79 Å². The number of rotatable bonds is 4. The molecule has 2 unspecified atom stereocenters. The molecular formula is C16H22N2O3. The standard InChI is InChI=1S/C16H22N2O3/c19-15(14-7-4-10-18(14)11-8-9-11)17-13-6-3-1-2-5-12(13)16(20)21/h4,7,10-13H,1-3,5-6,8-9H2,(H,17,19)(H,20,21). The average molecular weight is 290 g/mol. The van der Waals surface area contributed by atoms with Gasteiger partial charge in [0.15, 0.2) is 0 Å². The van der Waals surface area contributed by atoms with Gasteiger partial charge in [-0.2, -0.15) is 0 Å². The van der Waals surface area contributed by atoms with Crippen molar-refractivity contribution in [1.29, 1.82) is 0 Å². The monoisotopic (exact) mass is 290 g/mol. The zero-order chi connectivity index (χ0) is 14.8. The van der Waals surface area contributed by atoms with Crippen molar-refractivity contribution in [3.05, 3.63) is 24.0 Å². The lowest BCUT2D eigenvalue weighted by molar-refractivity contribution is -0.142. The number of aliphatic carboxylic acids is 1. The first-order valence-corrected chi connectivity index (χ1v) is 7.87. The van der Waals surface area contributed by atoms with Crippen LogP contribution in [0.1, 0.15) is 61.5 Å². The largest absolute Gasteiger partial charge is 0.481 e. The summed E-state index contributed by atoms with van der Waals surface area (Å²) in [4.78, 5) is 23.9. The molecule has 0 bridgehead atoms. The van der Waals surface area contributed by atoms with E-state index in [0.29, 0.717) is 18.2 Å². The fourth-order valence-electron chi connectivity index (χ4n) is 3.28. The molecule has 21 heavy (non-hydrogen) atoms. The lowest BCUT2D eigenvalue weighted by atomic mass is 9.95. The van der Waals surface area contributed by atoms with Crippen LogP contribution in [0.2, 0.25) is 0 Å². The molecule has 1 amide bonds. The molecular weight excluding hydrogens is 268 g/mol. The summed E-state index contributed by atoms with van der Waals surface area (Å²) in [6.07, 6.45) is 8.56. The minimum atomic E-state index is -0.792. The Morgan fingerprint density at radius 3 is 2.62 bits per heavy atom. The molecule has 1 aromatic rings. The van der Waals surface area contributed by atoms with E-state index in [0.717, 1.165) is 38.5 Å². The number of carboxylic acids is 1. The van der Waals surface area contributed by atoms with E-state index in [2.05, 4.69) is 5.32 Å². The molecule has 2 aliphatic carbocycles. The van der Waals surface area contributed by atoms with E-state index >= 15 is 0 Å². The lowest BCUT2D eigenvalue weighted by Crippen LogP contribution is -2.43. The highest BCUT2D eigenvalue weighted by Gasteiger charge is 2.32. The first-order valence-electron chi connectivity index (χ1n) is 7.87. The highest BCUT2D eigenvalue weighted by molar-refractivity contribution is 5.93. The van der Waals surface area contributed by atoms with Crippen LogP contribution < -0.4 is 5.32 Å². The number of nitrogens with one attached hydrogen (secondary N) is 1. The maximum Gasteiger partial charge on any atom is 0.308 e. The van der Waals surface area contributed by atoms with E-state index in [-0.39, 0.29) is 11.9 Å². The van der Waals surface area contributed by atoms with Gasteiger partial charge < -0.3 is 15.0 Å². The molecule has 0 saturated heterocycles. The van der Waals surface area contributed by atoms with E-state index in [1.165, 1.54) is 0 Å². The van der Waals surface area contributed by atoms with Gasteiger partial charge in [0.05, 0.1) is 5.92 Å². The molecule has 2 fully saturated rings. The quantitative estimate of drug-likeness (QED) is 0.837. The highest BCUT2D eigenvalue weighted by Crippen LogP contribution is 2.36. The molecule has 0 radical (unpaired) electrons. The van der Waals surface area contributed by atoms with E-state index in [1.54, 1.807) is 0 Å². The van der Waals surface area contributed by atoms with Crippen LogP contribution in [0.5, 0.6) is 0 Å². The average Bonchev–Trinajstić information content (AvgIpc) is 3.22. The molecule has 0 aromatic carbocycles. The van der Waals surface area contributed by atoms with E-state index in [9.17, 15) is 14.7 Å². The Kier molecular flexibility index (Phi) is 3.99. The molecule has 1 aromatic heterocycles. The first-order chi connectivity index (χ1) is 10.2. The SMILES string of the molecule is O=C(NC1CCCCCC1C(=O)O)c1cccn1C1CC1. The molecule has 2 aliphatic rings. The van der Waals surface area contributed by atoms with Crippen LogP contribution in [-0.4, -0.2) is 27.6 Å². The van der Waals surface area contributed by atoms with Gasteiger partial charge in [0.1, 0.15) is 5.69 Å². The van der Waals surface area contributed by atoms with E-state index < -0.39 is 11.9 Å². The van der Waals surface area contributed by atoms with E-state index in [4.69, 9.17) is 0 Å². The second-order valence-electron chi connectivity index (χ2n) is 6.19. The Bertz CT molecular complexity index is 533. The van der Waals surface area contributed by atoms with Crippen LogP contribution >= 0.6 is 0 Å². The molecule has 0 aliphatic heterocycles. The zero-order valence-electron chi connectivity index (χ0n) is 12.1. The predicted octanol–water partition coefficient (Wildman–Crippen LogP) is 2.59. The number of carbonyl (C=O) groups is 2. The third kappa shape index (κ3) is 3.12. The van der Waals surface area contributed by atoms with Crippen LogP contribution in [0.15, 0.2) is 18.3 Å². The van der Waals surface area contributed by atoms with Crippen LogP contribution in [0, 0.1) is 5.92 Å². The zero-order valence-corrected chi connectivity index (χ0v) is 12.1. The Morgan fingerprint density at radius 2 is 1.90 bits per heavy atom. The Balaban J connectivity index is 1.72. The third-order valence-electron chi connectivity index (χ3n) is 4.60. The summed E-state index contributed by atoms with van der Waals surface area (Å²) < 4.78 is 2.02. The second-order valence-corrected chi connectivity index (χ2v) is 6.19. The van der Waals surface area contributed by atoms with Gasteiger partial charge in [-0.25, -0.2) is 0 Å². The van der Waals surface area contributed by atoms with Gasteiger partial charge in [0, 0.05) is 18.3 Å². The minimum absolute atomic E-state index is 0.134. The van der Waals surface area contributed by atoms with Crippen molar-refractivity contribution in [2.24, 2.45) is 5.92 Å². The smallest absolute Gasteiger partial charge is 0.308 e. The molecule has 2 N–H and O–H groups in total. The predicted molar refractivity (Wildman–Crippen MR) is 78.2 cm³/mol. The number of nitrogens with zero attached hydrogens (tertiary/aromatic N) is 1. The van der Waals surface area contributed by atoms with Gasteiger partial charge >= 0.3 is 5.97 Å². The van der Waals surface area contributed by atoms with Gasteiger partial charge in [0.2, 0.25) is 0 Å². The van der Waals surface area contributed by atoms with Gasteiger partial charge in [-0.15, -0.1) is 0 Å². The Labute approximate surface area is 124 Å². The molecule has 5 nitrogen and oxygen atoms in total. The summed E-state index contributed by atoms with van der Waals surface area (Å²) >= 11 is 0. The number of carboxylic acid groups (broad SMARTS) is 1. The fourth-order valence-corrected chi connectivity index (χ4v) is 3.28. The molecule has 5 heteroatoms. The summed E-state index contributed by atoms with van der Waals surface area (Å²) in [5, 5.41) is 12.3. The molecule has 2 saturated carbocycles. The fraction of sp³-hybridized carbons (Fsp3) is 0.625. The second kappa shape index (κ2) is 5.92. The number of carbonyl (C=O) groups excluding carboxylic acids is 1. The normalized spacial score (nSPS) is 26.1. The van der Waals surface area contributed by atoms with Gasteiger partial charge in [0.25, 0.3) is 5.91 Å². The first kappa shape index (κ1) is 14.2. The number of amides is 1. The summed E-state index contributed by atoms with van der Waals surface area (Å²) in [6, 6.07) is 3.90. The van der Waals surface area contributed by atoms with Crippen molar-refractivity contribution < 1.29 is 14.7 Å². The number of aromatic nitrogens is 1. The van der Waals surface area contributed by atoms with Gasteiger partial charge in [-0.3, -0.25) is 9.59 Å². The maximum absolute atomic E-state index is 12.5. The Morgan fingerprint density at radius 1 is 1.14 bits per heavy atom. The van der Waals surface area contributed by atoms with Crippen LogP contribution in [0.3, 0.4) is 0 Å². The maximum atomic E-state index is 12.5. The van der Waals surface area contributed by atoms with Crippen molar-refractivity contribution >= 4 is 11.9 Å². The van der Waals surface area contributed by atoms with Crippen molar-refractivity contribution in [1.82, 2.24) is 9.88 Å². The van der Waals surface area contributed by atoms with Crippen molar-refractivity contribution in [2.75, 3.05) is 0 Å². The van der Waals surface area contributed by atoms with Crippen molar-refractivity contribution in [2.45, 2.75) is 57.0 Å². The summed E-state index contributed by atoms with van der Waals surface area (Å²) in [5.74, 6) is -1.38. The summed E-state index contributed by atoms with van der Waals surface area (Å²) in [6.45, 7) is 0. The Hall–Kier alpha value is -1.78. The molecule has 0 spiro atoms. The molecule has 1 heterocycles. The molecule has 2 atom stereocenters. The molecule has 3 rings (SSSR count). The summed E-state index contributed by atoms with van der Waals surface area (Å²) in [7, 11) is 0. The minimum Gasteiger partial charge on any atom is -0.481 e. The van der Waals surface area contributed by atoms with Crippen molar-refractivity contribution in [3.8, 4) is 0 Å². The third-order valence-corrected chi connectivity index (χ3v) is 4.60. The van der Waals surface area contributed by atoms with Crippen molar-refractivity contribution in [3.63, 3.8) is 0 Å². The lowest BCUT2D eigenvalue weighted by Gasteiger charge is -2.23. The summed E-state index contributed by atoms with van der Waals surface area (Å²) in [5.41, 5.74) is 0.658. The van der Waals surface area contributed by atoms with Crippen LogP contribution in [0.25, 0.3) is 0 Å². The van der Waals surface area contributed by atoms with Gasteiger partial charge in [-0.05, 0) is 37.8 Å². The van der Waals surface area contributed by atoms with E-state index in [1.807, 2.05) is 22.9 Å².